The summed E-state index contributed by atoms with van der Waals surface area (Å²) in [7, 11) is 2.20. The number of hydrogen-bond donors (Lipinski definition) is 2. The standard InChI is InChI=1S/C29H30N4O3/c1-32(23-10-6-3-7-11-23)19-20-12-14-22(15-13-20)30-28(21-8-4-2-5-9-21)27-25-18-24(33(35)36)16-17-26(25)31-29(27)34/h2,4-5,8-9,12-18,23,30H,3,6-7,10-11,19H2,1H3,(H,31,34)/b28-27-. The van der Waals surface area contributed by atoms with E-state index in [1.807, 2.05) is 42.5 Å². The number of nitrogens with zero attached hydrogens (tertiary/aromatic N) is 2. The quantitative estimate of drug-likeness (QED) is 0.235. The first kappa shape index (κ1) is 23.8. The van der Waals surface area contributed by atoms with Crippen LogP contribution in [0.25, 0.3) is 11.3 Å². The van der Waals surface area contributed by atoms with Gasteiger partial charge in [0, 0.05) is 41.7 Å². The van der Waals surface area contributed by atoms with Crippen molar-refractivity contribution in [3.8, 4) is 0 Å². The van der Waals surface area contributed by atoms with Gasteiger partial charge in [-0.05, 0) is 49.2 Å². The number of benzene rings is 3. The molecule has 1 saturated carbocycles. The maximum Gasteiger partial charge on any atom is 0.270 e. The van der Waals surface area contributed by atoms with Gasteiger partial charge in [0.15, 0.2) is 0 Å². The second-order valence-electron chi connectivity index (χ2n) is 9.59. The molecule has 0 unspecified atom stereocenters. The molecular formula is C29H30N4O3. The first-order valence-electron chi connectivity index (χ1n) is 12.5. The van der Waals surface area contributed by atoms with E-state index < -0.39 is 4.92 Å². The van der Waals surface area contributed by atoms with Crippen LogP contribution in [0.1, 0.15) is 48.8 Å². The first-order valence-corrected chi connectivity index (χ1v) is 12.5. The highest BCUT2D eigenvalue weighted by Crippen LogP contribution is 2.39. The third-order valence-corrected chi connectivity index (χ3v) is 7.12. The number of carbonyl (C=O) groups excluding carboxylic acids is 1. The summed E-state index contributed by atoms with van der Waals surface area (Å²) >= 11 is 0. The number of amides is 1. The Hall–Kier alpha value is -3.97. The van der Waals surface area contributed by atoms with Gasteiger partial charge in [0.1, 0.15) is 0 Å². The molecule has 3 aromatic rings. The largest absolute Gasteiger partial charge is 0.354 e. The van der Waals surface area contributed by atoms with Crippen LogP contribution in [0.15, 0.2) is 72.8 Å². The fourth-order valence-electron chi connectivity index (χ4n) is 5.18. The molecule has 2 N–H and O–H groups in total. The van der Waals surface area contributed by atoms with E-state index in [4.69, 9.17) is 0 Å². The van der Waals surface area contributed by atoms with Crippen molar-refractivity contribution in [2.75, 3.05) is 17.7 Å². The molecule has 1 amide bonds. The number of anilines is 2. The second kappa shape index (κ2) is 10.3. The Balaban J connectivity index is 1.45. The summed E-state index contributed by atoms with van der Waals surface area (Å²) in [6.45, 7) is 0.900. The molecule has 0 bridgehead atoms. The van der Waals surface area contributed by atoms with Gasteiger partial charge in [-0.2, -0.15) is 0 Å². The number of rotatable bonds is 7. The van der Waals surface area contributed by atoms with Crippen LogP contribution in [-0.2, 0) is 11.3 Å². The first-order chi connectivity index (χ1) is 17.5. The van der Waals surface area contributed by atoms with Gasteiger partial charge < -0.3 is 10.6 Å². The fourth-order valence-corrected chi connectivity index (χ4v) is 5.18. The fraction of sp³-hybridized carbons (Fsp3) is 0.276. The summed E-state index contributed by atoms with van der Waals surface area (Å²) in [6, 6.07) is 22.9. The van der Waals surface area contributed by atoms with Crippen LogP contribution >= 0.6 is 0 Å². The smallest absolute Gasteiger partial charge is 0.270 e. The Bertz CT molecular complexity index is 1300. The van der Waals surface area contributed by atoms with Crippen LogP contribution in [0.3, 0.4) is 0 Å². The summed E-state index contributed by atoms with van der Waals surface area (Å²) in [5.74, 6) is -0.289. The predicted octanol–water partition coefficient (Wildman–Crippen LogP) is 6.29. The molecule has 1 heterocycles. The zero-order valence-electron chi connectivity index (χ0n) is 20.4. The number of non-ortho nitro benzene ring substituents is 1. The molecule has 0 spiro atoms. The summed E-state index contributed by atoms with van der Waals surface area (Å²) in [5.41, 5.74) is 4.94. The van der Waals surface area contributed by atoms with Crippen LogP contribution in [0, 0.1) is 10.1 Å². The molecule has 5 rings (SSSR count). The van der Waals surface area contributed by atoms with E-state index in [2.05, 4.69) is 34.7 Å². The average molecular weight is 483 g/mol. The van der Waals surface area contributed by atoms with E-state index in [-0.39, 0.29) is 11.6 Å². The molecular weight excluding hydrogens is 452 g/mol. The number of nitrogens with one attached hydrogen (secondary N) is 2. The normalized spacial score (nSPS) is 17.0. The van der Waals surface area contributed by atoms with Crippen LogP contribution in [0.5, 0.6) is 0 Å². The molecule has 0 saturated heterocycles. The van der Waals surface area contributed by atoms with Crippen molar-refractivity contribution in [3.05, 3.63) is 99.6 Å². The zero-order valence-corrected chi connectivity index (χ0v) is 20.4. The van der Waals surface area contributed by atoms with Crippen molar-refractivity contribution in [3.63, 3.8) is 0 Å². The highest BCUT2D eigenvalue weighted by Gasteiger charge is 2.30. The molecule has 1 aliphatic heterocycles. The molecule has 7 nitrogen and oxygen atoms in total. The number of nitro benzene ring substituents is 1. The molecule has 2 aliphatic rings. The van der Waals surface area contributed by atoms with Crippen LogP contribution < -0.4 is 10.6 Å². The lowest BCUT2D eigenvalue weighted by atomic mass is 9.94. The van der Waals surface area contributed by atoms with E-state index in [1.54, 1.807) is 6.07 Å². The van der Waals surface area contributed by atoms with Crippen LogP contribution in [0.4, 0.5) is 17.1 Å². The van der Waals surface area contributed by atoms with Crippen LogP contribution in [-0.4, -0.2) is 28.8 Å². The Morgan fingerprint density at radius 3 is 2.44 bits per heavy atom. The van der Waals surface area contributed by atoms with Gasteiger partial charge in [-0.25, -0.2) is 0 Å². The SMILES string of the molecule is CN(Cc1ccc(N/C(=C2\C(=O)Nc3ccc([N+](=O)[O-])cc32)c2ccccc2)cc1)C1CCCCC1. The van der Waals surface area contributed by atoms with Crippen molar-refractivity contribution < 1.29 is 9.72 Å². The molecule has 36 heavy (non-hydrogen) atoms. The lowest BCUT2D eigenvalue weighted by molar-refractivity contribution is -0.384. The summed E-state index contributed by atoms with van der Waals surface area (Å²) < 4.78 is 0. The minimum Gasteiger partial charge on any atom is -0.354 e. The predicted molar refractivity (Wildman–Crippen MR) is 143 cm³/mol. The highest BCUT2D eigenvalue weighted by molar-refractivity contribution is 6.37. The van der Waals surface area contributed by atoms with E-state index in [0.29, 0.717) is 28.6 Å². The van der Waals surface area contributed by atoms with Gasteiger partial charge in [-0.15, -0.1) is 0 Å². The number of carbonyl (C=O) groups is 1. The van der Waals surface area contributed by atoms with Gasteiger partial charge >= 0.3 is 0 Å². The number of fused-ring (bicyclic) bond motifs is 1. The van der Waals surface area contributed by atoms with Crippen molar-refractivity contribution in [2.45, 2.75) is 44.7 Å². The van der Waals surface area contributed by atoms with Crippen molar-refractivity contribution in [1.29, 1.82) is 0 Å². The Kier molecular flexibility index (Phi) is 6.82. The van der Waals surface area contributed by atoms with Crippen molar-refractivity contribution >= 4 is 34.2 Å². The minimum absolute atomic E-state index is 0.0541. The molecule has 184 valence electrons. The number of nitro groups is 1. The summed E-state index contributed by atoms with van der Waals surface area (Å²) in [4.78, 5) is 26.5. The molecule has 7 heteroatoms. The van der Waals surface area contributed by atoms with Gasteiger partial charge in [-0.1, -0.05) is 61.7 Å². The van der Waals surface area contributed by atoms with Gasteiger partial charge in [-0.3, -0.25) is 19.8 Å². The molecule has 0 aromatic heterocycles. The van der Waals surface area contributed by atoms with Crippen LogP contribution in [0.2, 0.25) is 0 Å². The van der Waals surface area contributed by atoms with E-state index in [1.165, 1.54) is 49.8 Å². The lowest BCUT2D eigenvalue weighted by Crippen LogP contribution is -2.32. The third-order valence-electron chi connectivity index (χ3n) is 7.12. The molecule has 0 atom stereocenters. The van der Waals surface area contributed by atoms with E-state index in [9.17, 15) is 14.9 Å². The monoisotopic (exact) mass is 482 g/mol. The van der Waals surface area contributed by atoms with E-state index >= 15 is 0 Å². The highest BCUT2D eigenvalue weighted by atomic mass is 16.6. The minimum atomic E-state index is -0.445. The third kappa shape index (κ3) is 5.02. The zero-order chi connectivity index (χ0) is 25.1. The van der Waals surface area contributed by atoms with Crippen molar-refractivity contribution in [2.24, 2.45) is 0 Å². The maximum absolute atomic E-state index is 13.1. The second-order valence-corrected chi connectivity index (χ2v) is 9.59. The molecule has 3 aromatic carbocycles. The van der Waals surface area contributed by atoms with Gasteiger partial charge in [0.05, 0.1) is 16.2 Å². The van der Waals surface area contributed by atoms with Gasteiger partial charge in [0.2, 0.25) is 0 Å². The Morgan fingerprint density at radius 1 is 1.03 bits per heavy atom. The average Bonchev–Trinajstić information content (AvgIpc) is 3.24. The van der Waals surface area contributed by atoms with Gasteiger partial charge in [0.25, 0.3) is 11.6 Å². The van der Waals surface area contributed by atoms with Crippen molar-refractivity contribution in [1.82, 2.24) is 4.90 Å². The Labute approximate surface area is 211 Å². The maximum atomic E-state index is 13.1. The number of hydrogen-bond acceptors (Lipinski definition) is 5. The lowest BCUT2D eigenvalue weighted by Gasteiger charge is -2.31. The Morgan fingerprint density at radius 2 is 1.75 bits per heavy atom. The molecule has 0 radical (unpaired) electrons. The summed E-state index contributed by atoms with van der Waals surface area (Å²) in [5, 5.41) is 17.7. The van der Waals surface area contributed by atoms with E-state index in [0.717, 1.165) is 17.8 Å². The topological polar surface area (TPSA) is 87.5 Å². The summed E-state index contributed by atoms with van der Waals surface area (Å²) in [6.07, 6.45) is 6.51. The molecule has 1 aliphatic carbocycles. The molecule has 1 fully saturated rings.